The van der Waals surface area contributed by atoms with Gasteiger partial charge in [-0.1, -0.05) is 13.8 Å². The minimum Gasteiger partial charge on any atom is -0.497 e. The van der Waals surface area contributed by atoms with Gasteiger partial charge in [-0.3, -0.25) is 19.4 Å². The molecule has 0 bridgehead atoms. The lowest BCUT2D eigenvalue weighted by atomic mass is 9.91. The van der Waals surface area contributed by atoms with Crippen molar-refractivity contribution in [3.05, 3.63) is 34.1 Å². The van der Waals surface area contributed by atoms with Gasteiger partial charge < -0.3 is 25.0 Å². The Morgan fingerprint density at radius 1 is 1.15 bits per heavy atom. The van der Waals surface area contributed by atoms with E-state index in [1.54, 1.807) is 18.2 Å². The Hall–Kier alpha value is -3.56. The maximum atomic E-state index is 13.2. The summed E-state index contributed by atoms with van der Waals surface area (Å²) >= 11 is 0. The molecule has 3 N–H and O–H groups in total. The van der Waals surface area contributed by atoms with Crippen LogP contribution in [0.3, 0.4) is 0 Å². The third-order valence-electron chi connectivity index (χ3n) is 6.09. The highest BCUT2D eigenvalue weighted by molar-refractivity contribution is 6.05. The van der Waals surface area contributed by atoms with Crippen LogP contribution in [0.5, 0.6) is 11.5 Å². The number of piperidine rings is 1. The maximum absolute atomic E-state index is 13.2. The fourth-order valence-electron chi connectivity index (χ4n) is 4.70. The van der Waals surface area contributed by atoms with Crippen LogP contribution in [0.4, 0.5) is 17.5 Å². The SMILES string of the molecule is COc1ccc(OC)c(NC(=O)C2CC(=O)Nc3nc(N4CC(C)CC(C)C4)[nH]c(=O)c32)c1. The van der Waals surface area contributed by atoms with Crippen molar-refractivity contribution in [2.45, 2.75) is 32.6 Å². The molecule has 10 nitrogen and oxygen atoms in total. The Balaban J connectivity index is 1.65. The summed E-state index contributed by atoms with van der Waals surface area (Å²) in [6.45, 7) is 5.85. The first-order valence-electron chi connectivity index (χ1n) is 11.0. The lowest BCUT2D eigenvalue weighted by molar-refractivity contribution is -0.123. The molecule has 2 aliphatic heterocycles. The number of hydrogen-bond acceptors (Lipinski definition) is 7. The van der Waals surface area contributed by atoms with Crippen LogP contribution in [-0.4, -0.2) is 49.1 Å². The molecule has 2 amide bonds. The number of H-pyrrole nitrogens is 1. The summed E-state index contributed by atoms with van der Waals surface area (Å²) in [5.74, 6) is 0.558. The summed E-state index contributed by atoms with van der Waals surface area (Å²) in [6, 6.07) is 4.98. The summed E-state index contributed by atoms with van der Waals surface area (Å²) in [4.78, 5) is 48.1. The lowest BCUT2D eigenvalue weighted by Crippen LogP contribution is -2.42. The van der Waals surface area contributed by atoms with E-state index in [0.717, 1.165) is 19.5 Å². The zero-order chi connectivity index (χ0) is 23.7. The molecule has 4 rings (SSSR count). The second-order valence-corrected chi connectivity index (χ2v) is 8.86. The fourth-order valence-corrected chi connectivity index (χ4v) is 4.70. The van der Waals surface area contributed by atoms with Crippen molar-refractivity contribution in [3.63, 3.8) is 0 Å². The van der Waals surface area contributed by atoms with Gasteiger partial charge in [0.25, 0.3) is 5.56 Å². The first-order valence-corrected chi connectivity index (χ1v) is 11.0. The van der Waals surface area contributed by atoms with E-state index in [1.165, 1.54) is 14.2 Å². The van der Waals surface area contributed by atoms with Crippen molar-refractivity contribution in [2.24, 2.45) is 11.8 Å². The van der Waals surface area contributed by atoms with Crippen LogP contribution in [0.2, 0.25) is 0 Å². The van der Waals surface area contributed by atoms with Crippen LogP contribution < -0.4 is 30.6 Å². The molecule has 1 aromatic carbocycles. The zero-order valence-corrected chi connectivity index (χ0v) is 19.2. The average molecular weight is 456 g/mol. The van der Waals surface area contributed by atoms with Crippen LogP contribution in [0.25, 0.3) is 0 Å². The maximum Gasteiger partial charge on any atom is 0.258 e. The molecule has 0 saturated carbocycles. The predicted octanol–water partition coefficient (Wildman–Crippen LogP) is 2.33. The second-order valence-electron chi connectivity index (χ2n) is 8.86. The Morgan fingerprint density at radius 2 is 1.88 bits per heavy atom. The molecule has 1 saturated heterocycles. The van der Waals surface area contributed by atoms with Crippen molar-refractivity contribution in [1.82, 2.24) is 9.97 Å². The van der Waals surface area contributed by atoms with Gasteiger partial charge in [0, 0.05) is 25.6 Å². The average Bonchev–Trinajstić information content (AvgIpc) is 2.77. The molecule has 176 valence electrons. The number of amides is 2. The van der Waals surface area contributed by atoms with Crippen LogP contribution >= 0.6 is 0 Å². The van der Waals surface area contributed by atoms with Crippen molar-refractivity contribution >= 4 is 29.3 Å². The Kier molecular flexibility index (Phi) is 6.26. The lowest BCUT2D eigenvalue weighted by Gasteiger charge is -2.35. The molecule has 3 heterocycles. The number of ether oxygens (including phenoxy) is 2. The van der Waals surface area contributed by atoms with Gasteiger partial charge in [-0.25, -0.2) is 0 Å². The van der Waals surface area contributed by atoms with Crippen LogP contribution in [-0.2, 0) is 9.59 Å². The smallest absolute Gasteiger partial charge is 0.258 e. The molecule has 3 atom stereocenters. The monoisotopic (exact) mass is 455 g/mol. The molecule has 1 fully saturated rings. The number of anilines is 3. The first kappa shape index (κ1) is 22.6. The third-order valence-corrected chi connectivity index (χ3v) is 6.09. The highest BCUT2D eigenvalue weighted by atomic mass is 16.5. The normalized spacial score (nSPS) is 22.2. The number of carbonyl (C=O) groups is 2. The van der Waals surface area contributed by atoms with Crippen LogP contribution in [0, 0.1) is 11.8 Å². The second kappa shape index (κ2) is 9.13. The van der Waals surface area contributed by atoms with Crippen molar-refractivity contribution in [2.75, 3.05) is 42.8 Å². The standard InChI is InChI=1S/C23H29N5O5/c1-12-7-13(2)11-28(10-12)23-26-20-19(22(31)27-23)15(9-18(29)25-20)21(30)24-16-8-14(32-3)5-6-17(16)33-4/h5-6,8,12-13,15H,7,9-11H2,1-4H3,(H,24,30)(H2,25,26,27,29,31). The number of fused-ring (bicyclic) bond motifs is 1. The number of carbonyl (C=O) groups excluding carboxylic acids is 2. The molecule has 33 heavy (non-hydrogen) atoms. The van der Waals surface area contributed by atoms with Crippen molar-refractivity contribution < 1.29 is 19.1 Å². The number of hydrogen-bond donors (Lipinski definition) is 3. The van der Waals surface area contributed by atoms with E-state index in [4.69, 9.17) is 9.47 Å². The Labute approximate surface area is 191 Å². The molecule has 0 radical (unpaired) electrons. The largest absolute Gasteiger partial charge is 0.497 e. The van der Waals surface area contributed by atoms with Gasteiger partial charge in [0.05, 0.1) is 31.4 Å². The topological polar surface area (TPSA) is 126 Å². The molecule has 2 aliphatic rings. The summed E-state index contributed by atoms with van der Waals surface area (Å²) < 4.78 is 10.5. The summed E-state index contributed by atoms with van der Waals surface area (Å²) in [5, 5.41) is 5.44. The molecule has 0 aliphatic carbocycles. The van der Waals surface area contributed by atoms with Gasteiger partial charge in [-0.05, 0) is 30.4 Å². The minimum absolute atomic E-state index is 0.133. The number of rotatable bonds is 5. The Bertz CT molecular complexity index is 1120. The third kappa shape index (κ3) is 4.64. The Morgan fingerprint density at radius 3 is 2.55 bits per heavy atom. The molecule has 0 spiro atoms. The molecule has 10 heteroatoms. The van der Waals surface area contributed by atoms with Crippen molar-refractivity contribution in [3.8, 4) is 11.5 Å². The highest BCUT2D eigenvalue weighted by Gasteiger charge is 2.36. The number of nitrogens with one attached hydrogen (secondary N) is 3. The molecular weight excluding hydrogens is 426 g/mol. The van der Waals surface area contributed by atoms with Gasteiger partial charge >= 0.3 is 0 Å². The van der Waals surface area contributed by atoms with E-state index in [2.05, 4.69) is 34.4 Å². The molecule has 3 unspecified atom stereocenters. The quantitative estimate of drug-likeness (QED) is 0.632. The minimum atomic E-state index is -0.992. The number of nitrogens with zero attached hydrogens (tertiary/aromatic N) is 2. The number of aromatic nitrogens is 2. The van der Waals surface area contributed by atoms with Crippen LogP contribution in [0.15, 0.2) is 23.0 Å². The molecule has 1 aromatic heterocycles. The summed E-state index contributed by atoms with van der Waals surface area (Å²) in [6.07, 6.45) is 0.950. The number of aromatic amines is 1. The van der Waals surface area contributed by atoms with Gasteiger partial charge in [-0.2, -0.15) is 4.98 Å². The van der Waals surface area contributed by atoms with Gasteiger partial charge in [0.15, 0.2) is 0 Å². The molecular formula is C23H29N5O5. The molecule has 2 aromatic rings. The van der Waals surface area contributed by atoms with Crippen molar-refractivity contribution in [1.29, 1.82) is 0 Å². The van der Waals surface area contributed by atoms with E-state index in [1.807, 2.05) is 4.90 Å². The van der Waals surface area contributed by atoms with Gasteiger partial charge in [-0.15, -0.1) is 0 Å². The predicted molar refractivity (Wildman–Crippen MR) is 124 cm³/mol. The van der Waals surface area contributed by atoms with E-state index >= 15 is 0 Å². The number of benzene rings is 1. The summed E-state index contributed by atoms with van der Waals surface area (Å²) in [5.41, 5.74) is 0.0983. The van der Waals surface area contributed by atoms with E-state index in [-0.39, 0.29) is 23.7 Å². The highest BCUT2D eigenvalue weighted by Crippen LogP contribution is 2.34. The van der Waals surface area contributed by atoms with E-state index in [0.29, 0.717) is 35.0 Å². The van der Waals surface area contributed by atoms with E-state index < -0.39 is 17.4 Å². The number of methoxy groups -OCH3 is 2. The van der Waals surface area contributed by atoms with Gasteiger partial charge in [0.1, 0.15) is 17.3 Å². The van der Waals surface area contributed by atoms with Crippen LogP contribution in [0.1, 0.15) is 38.2 Å². The summed E-state index contributed by atoms with van der Waals surface area (Å²) in [7, 11) is 3.00. The zero-order valence-electron chi connectivity index (χ0n) is 19.2. The fraction of sp³-hybridized carbons (Fsp3) is 0.478. The van der Waals surface area contributed by atoms with Gasteiger partial charge in [0.2, 0.25) is 17.8 Å². The first-order chi connectivity index (χ1) is 15.8. The van der Waals surface area contributed by atoms with E-state index in [9.17, 15) is 14.4 Å².